The molecule has 0 unspecified atom stereocenters. The first-order valence-electron chi connectivity index (χ1n) is 2.79. The summed E-state index contributed by atoms with van der Waals surface area (Å²) in [6, 6.07) is 0. The topological polar surface area (TPSA) is 9.23 Å². The van der Waals surface area contributed by atoms with Gasteiger partial charge in [0, 0.05) is 6.42 Å². The van der Waals surface area contributed by atoms with Crippen LogP contribution in [0.1, 0.15) is 19.8 Å². The van der Waals surface area contributed by atoms with E-state index >= 15 is 0 Å². The molecule has 0 atom stereocenters. The number of hydrogen-bond acceptors (Lipinski definition) is 1. The summed E-state index contributed by atoms with van der Waals surface area (Å²) in [5.41, 5.74) is 0. The second-order valence-corrected chi connectivity index (χ2v) is 3.09. The second kappa shape index (κ2) is 4.02. The Morgan fingerprint density at radius 3 is 2.56 bits per heavy atom. The van der Waals surface area contributed by atoms with E-state index in [4.69, 9.17) is 27.9 Å². The van der Waals surface area contributed by atoms with E-state index in [0.29, 0.717) is 6.42 Å². The minimum Gasteiger partial charge on any atom is -0.466 e. The molecule has 54 valence electrons. The number of ether oxygens (including phenoxy) is 1. The van der Waals surface area contributed by atoms with Crippen molar-refractivity contribution in [2.45, 2.75) is 24.3 Å². The van der Waals surface area contributed by atoms with E-state index in [9.17, 15) is 0 Å². The summed E-state index contributed by atoms with van der Waals surface area (Å²) >= 11 is 11.2. The Morgan fingerprint density at radius 1 is 1.67 bits per heavy atom. The van der Waals surface area contributed by atoms with Crippen molar-refractivity contribution in [1.29, 1.82) is 0 Å². The third-order valence-corrected chi connectivity index (χ3v) is 1.35. The molecule has 0 rings (SSSR count). The average Bonchev–Trinajstić information content (AvgIpc) is 1.64. The van der Waals surface area contributed by atoms with Gasteiger partial charge < -0.3 is 4.74 Å². The van der Waals surface area contributed by atoms with Crippen LogP contribution in [-0.2, 0) is 4.74 Å². The van der Waals surface area contributed by atoms with Crippen molar-refractivity contribution < 1.29 is 4.74 Å². The number of halogens is 2. The van der Waals surface area contributed by atoms with Gasteiger partial charge >= 0.3 is 0 Å². The van der Waals surface area contributed by atoms with Crippen molar-refractivity contribution in [2.24, 2.45) is 0 Å². The largest absolute Gasteiger partial charge is 0.466 e. The Kier molecular flexibility index (Phi) is 4.07. The first-order valence-corrected chi connectivity index (χ1v) is 3.54. The van der Waals surface area contributed by atoms with E-state index < -0.39 is 4.52 Å². The highest BCUT2D eigenvalue weighted by Crippen LogP contribution is 2.27. The Labute approximate surface area is 65.6 Å². The molecule has 0 heterocycles. The standard InChI is InChI=1S/C6H10Cl2O/c1-3-5-6(7,8)9-4-2/h4H,2-3,5H2,1H3. The monoisotopic (exact) mass is 168 g/mol. The predicted octanol–water partition coefficient (Wildman–Crippen LogP) is 3.08. The van der Waals surface area contributed by atoms with Gasteiger partial charge in [0.05, 0.1) is 6.26 Å². The van der Waals surface area contributed by atoms with Gasteiger partial charge in [-0.05, 0) is 6.42 Å². The fourth-order valence-electron chi connectivity index (χ4n) is 0.472. The lowest BCUT2D eigenvalue weighted by Gasteiger charge is -2.16. The zero-order valence-electron chi connectivity index (χ0n) is 5.36. The van der Waals surface area contributed by atoms with Crippen molar-refractivity contribution in [3.8, 4) is 0 Å². The maximum Gasteiger partial charge on any atom is 0.257 e. The fraction of sp³-hybridized carbons (Fsp3) is 0.667. The summed E-state index contributed by atoms with van der Waals surface area (Å²) < 4.78 is 3.69. The molecule has 0 bridgehead atoms. The molecule has 0 radical (unpaired) electrons. The molecule has 0 aromatic heterocycles. The van der Waals surface area contributed by atoms with E-state index in [1.807, 2.05) is 6.92 Å². The van der Waals surface area contributed by atoms with Gasteiger partial charge in [0.25, 0.3) is 4.52 Å². The normalized spacial score (nSPS) is 11.0. The lowest BCUT2D eigenvalue weighted by atomic mass is 10.3. The van der Waals surface area contributed by atoms with Crippen molar-refractivity contribution >= 4 is 23.2 Å². The lowest BCUT2D eigenvalue weighted by Crippen LogP contribution is -2.13. The summed E-state index contributed by atoms with van der Waals surface area (Å²) in [4.78, 5) is 0. The van der Waals surface area contributed by atoms with Crippen LogP contribution in [0, 0.1) is 0 Å². The smallest absolute Gasteiger partial charge is 0.257 e. The van der Waals surface area contributed by atoms with Crippen LogP contribution in [0.15, 0.2) is 12.8 Å². The first kappa shape index (κ1) is 9.12. The molecule has 0 saturated heterocycles. The molecule has 0 aliphatic carbocycles. The van der Waals surface area contributed by atoms with Crippen LogP contribution in [0.25, 0.3) is 0 Å². The minimum atomic E-state index is -1.07. The summed E-state index contributed by atoms with van der Waals surface area (Å²) in [5, 5.41) is 0. The molecule has 0 N–H and O–H groups in total. The van der Waals surface area contributed by atoms with E-state index in [1.165, 1.54) is 6.26 Å². The van der Waals surface area contributed by atoms with Gasteiger partial charge in [0.1, 0.15) is 0 Å². The van der Waals surface area contributed by atoms with Gasteiger partial charge in [-0.3, -0.25) is 0 Å². The Balaban J connectivity index is 3.55. The molecule has 0 aliphatic heterocycles. The van der Waals surface area contributed by atoms with Crippen LogP contribution >= 0.6 is 23.2 Å². The van der Waals surface area contributed by atoms with Gasteiger partial charge in [0.2, 0.25) is 0 Å². The lowest BCUT2D eigenvalue weighted by molar-refractivity contribution is 0.170. The molecule has 1 nitrogen and oxygen atoms in total. The van der Waals surface area contributed by atoms with E-state index in [0.717, 1.165) is 6.42 Å². The molecule has 0 amide bonds. The Hall–Kier alpha value is 0.120. The highest BCUT2D eigenvalue weighted by Gasteiger charge is 2.21. The molecule has 0 aromatic carbocycles. The maximum absolute atomic E-state index is 5.61. The first-order chi connectivity index (χ1) is 4.12. The summed E-state index contributed by atoms with van der Waals surface area (Å²) in [6.07, 6.45) is 2.75. The van der Waals surface area contributed by atoms with Crippen LogP contribution in [-0.4, -0.2) is 4.52 Å². The second-order valence-electron chi connectivity index (χ2n) is 1.67. The number of hydrogen-bond donors (Lipinski definition) is 0. The van der Waals surface area contributed by atoms with Crippen molar-refractivity contribution in [2.75, 3.05) is 0 Å². The van der Waals surface area contributed by atoms with Gasteiger partial charge in [-0.15, -0.1) is 0 Å². The molecular formula is C6H10Cl2O. The third kappa shape index (κ3) is 4.61. The molecule has 9 heavy (non-hydrogen) atoms. The number of rotatable bonds is 4. The quantitative estimate of drug-likeness (QED) is 0.464. The minimum absolute atomic E-state index is 0.613. The molecule has 0 saturated carbocycles. The van der Waals surface area contributed by atoms with Crippen LogP contribution in [0.3, 0.4) is 0 Å². The Morgan fingerprint density at radius 2 is 2.22 bits per heavy atom. The molecule has 0 spiro atoms. The van der Waals surface area contributed by atoms with Gasteiger partial charge in [-0.2, -0.15) is 0 Å². The van der Waals surface area contributed by atoms with Crippen molar-refractivity contribution in [3.05, 3.63) is 12.8 Å². The van der Waals surface area contributed by atoms with E-state index in [2.05, 4.69) is 6.58 Å². The van der Waals surface area contributed by atoms with Gasteiger partial charge in [0.15, 0.2) is 0 Å². The fourth-order valence-corrected chi connectivity index (χ4v) is 0.976. The molecule has 0 aromatic rings. The van der Waals surface area contributed by atoms with Crippen LogP contribution in [0.4, 0.5) is 0 Å². The summed E-state index contributed by atoms with van der Waals surface area (Å²) in [5.74, 6) is 0. The van der Waals surface area contributed by atoms with Crippen LogP contribution < -0.4 is 0 Å². The third-order valence-electron chi connectivity index (χ3n) is 0.797. The highest BCUT2D eigenvalue weighted by molar-refractivity contribution is 6.47. The van der Waals surface area contributed by atoms with E-state index in [1.54, 1.807) is 0 Å². The van der Waals surface area contributed by atoms with Crippen LogP contribution in [0.5, 0.6) is 0 Å². The van der Waals surface area contributed by atoms with Gasteiger partial charge in [-0.1, -0.05) is 36.7 Å². The predicted molar refractivity (Wildman–Crippen MR) is 40.6 cm³/mol. The van der Waals surface area contributed by atoms with Crippen molar-refractivity contribution in [1.82, 2.24) is 0 Å². The van der Waals surface area contributed by atoms with Gasteiger partial charge in [-0.25, -0.2) is 0 Å². The zero-order valence-corrected chi connectivity index (χ0v) is 6.87. The summed E-state index contributed by atoms with van der Waals surface area (Å²) in [6.45, 7) is 5.32. The van der Waals surface area contributed by atoms with Crippen molar-refractivity contribution in [3.63, 3.8) is 0 Å². The number of alkyl halides is 2. The maximum atomic E-state index is 5.61. The zero-order chi connectivity index (χ0) is 7.33. The molecule has 0 aliphatic rings. The highest BCUT2D eigenvalue weighted by atomic mass is 35.5. The summed E-state index contributed by atoms with van der Waals surface area (Å²) in [7, 11) is 0. The molecular weight excluding hydrogens is 159 g/mol. The SMILES string of the molecule is C=COC(Cl)(Cl)CCC. The van der Waals surface area contributed by atoms with Crippen LogP contribution in [0.2, 0.25) is 0 Å². The van der Waals surface area contributed by atoms with E-state index in [-0.39, 0.29) is 0 Å². The molecule has 3 heteroatoms. The molecule has 0 fully saturated rings. The average molecular weight is 169 g/mol. The Bertz CT molecular complexity index is 91.1.